The van der Waals surface area contributed by atoms with Gasteiger partial charge in [0.05, 0.1) is 12.2 Å². The van der Waals surface area contributed by atoms with E-state index in [1.807, 2.05) is 0 Å². The lowest BCUT2D eigenvalue weighted by Gasteiger charge is -2.05. The Morgan fingerprint density at radius 2 is 1.94 bits per heavy atom. The molecule has 0 spiro atoms. The lowest BCUT2D eigenvalue weighted by Crippen LogP contribution is -2.02. The van der Waals surface area contributed by atoms with Crippen molar-refractivity contribution in [1.82, 2.24) is 0 Å². The highest BCUT2D eigenvalue weighted by molar-refractivity contribution is 7.99. The van der Waals surface area contributed by atoms with Crippen LogP contribution < -0.4 is 4.74 Å². The number of hydrogen-bond donors (Lipinski definition) is 2. The Hall–Kier alpha value is -1.20. The number of ether oxygens (including phenoxy) is 1. The van der Waals surface area contributed by atoms with Gasteiger partial charge in [-0.05, 0) is 36.4 Å². The molecule has 1 aromatic carbocycles. The molecule has 0 fully saturated rings. The number of hydrogen-bond acceptors (Lipinski definition) is 4. The monoisotopic (exact) mass is 256 g/mol. The van der Waals surface area contributed by atoms with E-state index in [9.17, 15) is 4.79 Å². The largest absolute Gasteiger partial charge is 0.493 e. The number of benzene rings is 1. The second kappa shape index (κ2) is 7.97. The van der Waals surface area contributed by atoms with Crippen LogP contribution >= 0.6 is 11.8 Å². The molecule has 0 aliphatic heterocycles. The molecule has 1 aromatic rings. The summed E-state index contributed by atoms with van der Waals surface area (Å²) in [6.45, 7) is 0.813. The molecule has 0 saturated heterocycles. The topological polar surface area (TPSA) is 66.8 Å². The molecule has 0 heterocycles. The molecule has 0 amide bonds. The van der Waals surface area contributed by atoms with Gasteiger partial charge in [0, 0.05) is 12.4 Å². The highest BCUT2D eigenvalue weighted by atomic mass is 32.2. The number of carboxylic acids is 1. The van der Waals surface area contributed by atoms with E-state index in [2.05, 4.69) is 0 Å². The summed E-state index contributed by atoms with van der Waals surface area (Å²) >= 11 is 1.73. The summed E-state index contributed by atoms with van der Waals surface area (Å²) in [4.78, 5) is 10.6. The first kappa shape index (κ1) is 13.9. The smallest absolute Gasteiger partial charge is 0.335 e. The summed E-state index contributed by atoms with van der Waals surface area (Å²) in [6.07, 6.45) is 0.804. The molecule has 0 aliphatic rings. The van der Waals surface area contributed by atoms with E-state index in [-0.39, 0.29) is 12.2 Å². The van der Waals surface area contributed by atoms with Crippen molar-refractivity contribution in [2.75, 3.05) is 24.7 Å². The Balaban J connectivity index is 2.21. The summed E-state index contributed by atoms with van der Waals surface area (Å²) in [7, 11) is 0. The quantitative estimate of drug-likeness (QED) is 0.695. The molecule has 0 aliphatic carbocycles. The molecular weight excluding hydrogens is 240 g/mol. The van der Waals surface area contributed by atoms with Gasteiger partial charge in [-0.3, -0.25) is 0 Å². The van der Waals surface area contributed by atoms with E-state index < -0.39 is 5.97 Å². The minimum Gasteiger partial charge on any atom is -0.493 e. The molecule has 0 aromatic heterocycles. The van der Waals surface area contributed by atoms with Crippen LogP contribution in [0.3, 0.4) is 0 Å². The van der Waals surface area contributed by atoms with Crippen LogP contribution in [-0.2, 0) is 0 Å². The van der Waals surface area contributed by atoms with Crippen LogP contribution in [0, 0.1) is 0 Å². The zero-order chi connectivity index (χ0) is 12.5. The van der Waals surface area contributed by atoms with Crippen molar-refractivity contribution < 1.29 is 19.7 Å². The van der Waals surface area contributed by atoms with Gasteiger partial charge >= 0.3 is 5.97 Å². The van der Waals surface area contributed by atoms with Gasteiger partial charge in [-0.1, -0.05) is 0 Å². The Morgan fingerprint density at radius 1 is 1.24 bits per heavy atom. The van der Waals surface area contributed by atoms with E-state index in [1.54, 1.807) is 23.9 Å². The molecular formula is C12H16O4S. The van der Waals surface area contributed by atoms with Gasteiger partial charge < -0.3 is 14.9 Å². The van der Waals surface area contributed by atoms with Crippen LogP contribution in [0.1, 0.15) is 16.8 Å². The van der Waals surface area contributed by atoms with Crippen LogP contribution in [0.25, 0.3) is 0 Å². The standard InChI is InChI=1S/C12H16O4S/c13-6-1-8-17-9-7-16-11-4-2-10(3-5-11)12(14)15/h2-5,13H,1,6-9H2,(H,14,15). The number of aliphatic hydroxyl groups excluding tert-OH is 1. The van der Waals surface area contributed by atoms with Crippen LogP contribution in [0.5, 0.6) is 5.75 Å². The zero-order valence-electron chi connectivity index (χ0n) is 9.46. The van der Waals surface area contributed by atoms with Crippen molar-refractivity contribution >= 4 is 17.7 Å². The third kappa shape index (κ3) is 5.60. The van der Waals surface area contributed by atoms with E-state index in [4.69, 9.17) is 14.9 Å². The molecule has 0 radical (unpaired) electrons. The van der Waals surface area contributed by atoms with Gasteiger partial charge in [0.15, 0.2) is 0 Å². The summed E-state index contributed by atoms with van der Waals surface area (Å²) in [5.41, 5.74) is 0.259. The number of aliphatic hydroxyl groups is 1. The molecule has 5 heteroatoms. The Morgan fingerprint density at radius 3 is 2.53 bits per heavy atom. The molecule has 0 atom stereocenters. The second-order valence-corrected chi connectivity index (χ2v) is 4.59. The summed E-state index contributed by atoms with van der Waals surface area (Å²) in [5, 5.41) is 17.3. The maximum absolute atomic E-state index is 10.6. The van der Waals surface area contributed by atoms with Crippen molar-refractivity contribution in [3.05, 3.63) is 29.8 Å². The van der Waals surface area contributed by atoms with Crippen molar-refractivity contribution in [1.29, 1.82) is 0 Å². The number of aromatic carboxylic acids is 1. The average Bonchev–Trinajstić information content (AvgIpc) is 2.34. The van der Waals surface area contributed by atoms with Gasteiger partial charge in [0.25, 0.3) is 0 Å². The maximum Gasteiger partial charge on any atom is 0.335 e. The average molecular weight is 256 g/mol. The highest BCUT2D eigenvalue weighted by Crippen LogP contribution is 2.12. The Kier molecular flexibility index (Phi) is 6.50. The number of thioether (sulfide) groups is 1. The van der Waals surface area contributed by atoms with Crippen molar-refractivity contribution in [2.45, 2.75) is 6.42 Å². The van der Waals surface area contributed by atoms with Crippen LogP contribution in [0.15, 0.2) is 24.3 Å². The fourth-order valence-corrected chi connectivity index (χ4v) is 1.92. The number of rotatable bonds is 8. The molecule has 4 nitrogen and oxygen atoms in total. The van der Waals surface area contributed by atoms with Gasteiger partial charge in [-0.25, -0.2) is 4.79 Å². The molecule has 17 heavy (non-hydrogen) atoms. The first-order valence-corrected chi connectivity index (χ1v) is 6.54. The molecule has 0 bridgehead atoms. The Labute approximate surface area is 105 Å². The molecule has 1 rings (SSSR count). The normalized spacial score (nSPS) is 10.2. The summed E-state index contributed by atoms with van der Waals surface area (Å²) < 4.78 is 5.44. The predicted octanol–water partition coefficient (Wildman–Crippen LogP) is 1.88. The van der Waals surface area contributed by atoms with Crippen molar-refractivity contribution in [3.8, 4) is 5.75 Å². The van der Waals surface area contributed by atoms with Crippen LogP contribution in [-0.4, -0.2) is 40.9 Å². The van der Waals surface area contributed by atoms with Gasteiger partial charge in [0.2, 0.25) is 0 Å². The van der Waals surface area contributed by atoms with Crippen LogP contribution in [0.4, 0.5) is 0 Å². The van der Waals surface area contributed by atoms with E-state index >= 15 is 0 Å². The summed E-state index contributed by atoms with van der Waals surface area (Å²) in [5.74, 6) is 1.53. The first-order chi connectivity index (χ1) is 8.24. The van der Waals surface area contributed by atoms with Gasteiger partial charge in [0.1, 0.15) is 5.75 Å². The first-order valence-electron chi connectivity index (χ1n) is 5.39. The van der Waals surface area contributed by atoms with E-state index in [0.717, 1.165) is 17.9 Å². The zero-order valence-corrected chi connectivity index (χ0v) is 10.3. The third-order valence-electron chi connectivity index (χ3n) is 2.04. The third-order valence-corrected chi connectivity index (χ3v) is 3.08. The lowest BCUT2D eigenvalue weighted by molar-refractivity contribution is 0.0697. The highest BCUT2D eigenvalue weighted by Gasteiger charge is 2.01. The molecule has 94 valence electrons. The maximum atomic E-state index is 10.6. The molecule has 2 N–H and O–H groups in total. The predicted molar refractivity (Wildman–Crippen MR) is 67.9 cm³/mol. The summed E-state index contributed by atoms with van der Waals surface area (Å²) in [6, 6.07) is 6.36. The van der Waals surface area contributed by atoms with Crippen molar-refractivity contribution in [2.24, 2.45) is 0 Å². The fraction of sp³-hybridized carbons (Fsp3) is 0.417. The van der Waals surface area contributed by atoms with Gasteiger partial charge in [-0.15, -0.1) is 0 Å². The number of carbonyl (C=O) groups is 1. The molecule has 0 saturated carbocycles. The lowest BCUT2D eigenvalue weighted by atomic mass is 10.2. The SMILES string of the molecule is O=C(O)c1ccc(OCCSCCCO)cc1. The molecule has 0 unspecified atom stereocenters. The minimum atomic E-state index is -0.934. The van der Waals surface area contributed by atoms with Crippen LogP contribution in [0.2, 0.25) is 0 Å². The second-order valence-electron chi connectivity index (χ2n) is 3.37. The Bertz CT molecular complexity index is 337. The van der Waals surface area contributed by atoms with Crippen molar-refractivity contribution in [3.63, 3.8) is 0 Å². The minimum absolute atomic E-state index is 0.227. The number of carboxylic acid groups (broad SMARTS) is 1. The van der Waals surface area contributed by atoms with E-state index in [1.165, 1.54) is 12.1 Å². The fourth-order valence-electron chi connectivity index (χ4n) is 1.18. The van der Waals surface area contributed by atoms with Gasteiger partial charge in [-0.2, -0.15) is 11.8 Å². The van der Waals surface area contributed by atoms with E-state index in [0.29, 0.717) is 12.4 Å².